The van der Waals surface area contributed by atoms with Crippen molar-refractivity contribution in [3.8, 4) is 0 Å². The highest BCUT2D eigenvalue weighted by atomic mass is 16.6. The van der Waals surface area contributed by atoms with E-state index in [0.717, 1.165) is 31.8 Å². The van der Waals surface area contributed by atoms with E-state index in [1.807, 2.05) is 27.8 Å². The summed E-state index contributed by atoms with van der Waals surface area (Å²) in [5.74, 6) is 2.00. The zero-order valence-electron chi connectivity index (χ0n) is 15.1. The van der Waals surface area contributed by atoms with Crippen LogP contribution in [0, 0.1) is 0 Å². The first-order valence-corrected chi connectivity index (χ1v) is 8.82. The number of carbonyl (C=O) groups excluding carboxylic acids is 1. The first kappa shape index (κ1) is 17.2. The van der Waals surface area contributed by atoms with Crippen LogP contribution in [0.4, 0.5) is 4.79 Å². The third-order valence-corrected chi connectivity index (χ3v) is 4.55. The highest BCUT2D eigenvalue weighted by Crippen LogP contribution is 2.39. The maximum atomic E-state index is 12.2. The van der Waals surface area contributed by atoms with Gasteiger partial charge in [-0.25, -0.2) is 4.79 Å². The molecule has 1 saturated heterocycles. The van der Waals surface area contributed by atoms with Gasteiger partial charge in [0.2, 0.25) is 11.8 Å². The Morgan fingerprint density at radius 3 is 2.50 bits per heavy atom. The molecule has 2 fully saturated rings. The van der Waals surface area contributed by atoms with E-state index in [4.69, 9.17) is 9.15 Å². The summed E-state index contributed by atoms with van der Waals surface area (Å²) in [7, 11) is 1.83. The van der Waals surface area contributed by atoms with Crippen LogP contribution < -0.4 is 0 Å². The summed E-state index contributed by atoms with van der Waals surface area (Å²) >= 11 is 0. The van der Waals surface area contributed by atoms with Gasteiger partial charge in [-0.3, -0.25) is 4.90 Å². The number of piperidine rings is 1. The summed E-state index contributed by atoms with van der Waals surface area (Å²) in [6, 6.07) is 0.223. The second-order valence-electron chi connectivity index (χ2n) is 7.91. The van der Waals surface area contributed by atoms with Gasteiger partial charge >= 0.3 is 6.09 Å². The number of carbonyl (C=O) groups is 1. The Bertz CT molecular complexity index is 569. The van der Waals surface area contributed by atoms with Crippen LogP contribution in [0.2, 0.25) is 0 Å². The molecule has 3 rings (SSSR count). The SMILES string of the molecule is CN(C(=O)OC(C)(C)C)C1CCN(Cc2nnc(C3CC3)o2)CC1. The molecule has 0 unspecified atom stereocenters. The van der Waals surface area contributed by atoms with Crippen LogP contribution in [-0.2, 0) is 11.3 Å². The molecule has 7 nitrogen and oxygen atoms in total. The minimum absolute atomic E-state index is 0.223. The van der Waals surface area contributed by atoms with Gasteiger partial charge in [-0.15, -0.1) is 10.2 Å². The van der Waals surface area contributed by atoms with Crippen molar-refractivity contribution in [1.29, 1.82) is 0 Å². The second-order valence-corrected chi connectivity index (χ2v) is 7.91. The predicted octanol–water partition coefficient (Wildman–Crippen LogP) is 2.78. The second kappa shape index (κ2) is 6.70. The zero-order chi connectivity index (χ0) is 17.3. The Morgan fingerprint density at radius 2 is 1.92 bits per heavy atom. The van der Waals surface area contributed by atoms with Crippen molar-refractivity contribution in [2.24, 2.45) is 0 Å². The van der Waals surface area contributed by atoms with E-state index in [1.54, 1.807) is 4.90 Å². The molecule has 2 aliphatic rings. The van der Waals surface area contributed by atoms with Crippen molar-refractivity contribution in [3.05, 3.63) is 11.8 Å². The van der Waals surface area contributed by atoms with Gasteiger partial charge in [-0.2, -0.15) is 0 Å². The lowest BCUT2D eigenvalue weighted by atomic mass is 10.0. The molecule has 0 aromatic carbocycles. The summed E-state index contributed by atoms with van der Waals surface area (Å²) in [4.78, 5) is 16.2. The van der Waals surface area contributed by atoms with Crippen molar-refractivity contribution in [2.45, 2.75) is 70.6 Å². The van der Waals surface area contributed by atoms with Gasteiger partial charge in [0, 0.05) is 32.1 Å². The summed E-state index contributed by atoms with van der Waals surface area (Å²) in [5.41, 5.74) is -0.455. The van der Waals surface area contributed by atoms with Gasteiger partial charge in [0.1, 0.15) is 5.60 Å². The molecule has 0 N–H and O–H groups in total. The average Bonchev–Trinajstić information content (AvgIpc) is 3.26. The highest BCUT2D eigenvalue weighted by Gasteiger charge is 2.31. The van der Waals surface area contributed by atoms with Gasteiger partial charge in [-0.1, -0.05) is 0 Å². The fraction of sp³-hybridized carbons (Fsp3) is 0.824. The Morgan fingerprint density at radius 1 is 1.25 bits per heavy atom. The van der Waals surface area contributed by atoms with Crippen LogP contribution in [0.25, 0.3) is 0 Å². The summed E-state index contributed by atoms with van der Waals surface area (Å²) in [5, 5.41) is 8.28. The van der Waals surface area contributed by atoms with Gasteiger partial charge in [-0.05, 0) is 46.5 Å². The zero-order valence-corrected chi connectivity index (χ0v) is 15.1. The van der Waals surface area contributed by atoms with E-state index in [1.165, 1.54) is 12.8 Å². The quantitative estimate of drug-likeness (QED) is 0.842. The van der Waals surface area contributed by atoms with E-state index >= 15 is 0 Å². The Kier molecular flexibility index (Phi) is 4.80. The first-order valence-electron chi connectivity index (χ1n) is 8.82. The number of rotatable bonds is 4. The molecule has 7 heteroatoms. The molecular weight excluding hydrogens is 308 g/mol. The highest BCUT2D eigenvalue weighted by molar-refractivity contribution is 5.68. The number of nitrogens with zero attached hydrogens (tertiary/aromatic N) is 4. The smallest absolute Gasteiger partial charge is 0.410 e. The largest absolute Gasteiger partial charge is 0.444 e. The number of hydrogen-bond acceptors (Lipinski definition) is 6. The molecule has 0 spiro atoms. The normalized spacial score (nSPS) is 20.2. The fourth-order valence-corrected chi connectivity index (χ4v) is 2.96. The van der Waals surface area contributed by atoms with Crippen molar-refractivity contribution in [3.63, 3.8) is 0 Å². The molecule has 0 radical (unpaired) electrons. The van der Waals surface area contributed by atoms with E-state index < -0.39 is 5.60 Å². The number of amides is 1. The predicted molar refractivity (Wildman–Crippen MR) is 88.6 cm³/mol. The maximum Gasteiger partial charge on any atom is 0.410 e. The van der Waals surface area contributed by atoms with Crippen LogP contribution >= 0.6 is 0 Å². The molecular formula is C17H28N4O3. The molecule has 1 aliphatic heterocycles. The van der Waals surface area contributed by atoms with Crippen LogP contribution in [0.15, 0.2) is 4.42 Å². The minimum atomic E-state index is -0.455. The molecule has 1 aromatic rings. The number of ether oxygens (including phenoxy) is 1. The molecule has 2 heterocycles. The number of likely N-dealkylation sites (tertiary alicyclic amines) is 1. The molecule has 0 bridgehead atoms. The summed E-state index contributed by atoms with van der Waals surface area (Å²) in [6.07, 6.45) is 3.96. The molecule has 0 atom stereocenters. The Labute approximate surface area is 143 Å². The summed E-state index contributed by atoms with van der Waals surface area (Å²) in [6.45, 7) is 8.20. The Balaban J connectivity index is 1.45. The van der Waals surface area contributed by atoms with E-state index in [-0.39, 0.29) is 12.1 Å². The maximum absolute atomic E-state index is 12.2. The fourth-order valence-electron chi connectivity index (χ4n) is 2.96. The molecule has 1 aromatic heterocycles. The topological polar surface area (TPSA) is 71.7 Å². The number of hydrogen-bond donors (Lipinski definition) is 0. The van der Waals surface area contributed by atoms with E-state index in [2.05, 4.69) is 15.1 Å². The van der Waals surface area contributed by atoms with Crippen molar-refractivity contribution in [1.82, 2.24) is 20.0 Å². The lowest BCUT2D eigenvalue weighted by molar-refractivity contribution is 0.0145. The van der Waals surface area contributed by atoms with Crippen LogP contribution in [0.5, 0.6) is 0 Å². The van der Waals surface area contributed by atoms with Crippen molar-refractivity contribution < 1.29 is 13.9 Å². The first-order chi connectivity index (χ1) is 11.3. The third kappa shape index (κ3) is 4.47. The Hall–Kier alpha value is -1.63. The lowest BCUT2D eigenvalue weighted by Gasteiger charge is -2.36. The van der Waals surface area contributed by atoms with Gasteiger partial charge in [0.05, 0.1) is 6.54 Å². The van der Waals surface area contributed by atoms with Crippen LogP contribution in [0.1, 0.15) is 64.2 Å². The van der Waals surface area contributed by atoms with Crippen LogP contribution in [-0.4, -0.2) is 57.9 Å². The molecule has 24 heavy (non-hydrogen) atoms. The summed E-state index contributed by atoms with van der Waals surface area (Å²) < 4.78 is 11.2. The lowest BCUT2D eigenvalue weighted by Crippen LogP contribution is -2.46. The van der Waals surface area contributed by atoms with E-state index in [0.29, 0.717) is 18.4 Å². The van der Waals surface area contributed by atoms with E-state index in [9.17, 15) is 4.79 Å². The van der Waals surface area contributed by atoms with Gasteiger partial charge < -0.3 is 14.1 Å². The molecule has 134 valence electrons. The molecule has 1 aliphatic carbocycles. The monoisotopic (exact) mass is 336 g/mol. The van der Waals surface area contributed by atoms with Gasteiger partial charge in [0.25, 0.3) is 0 Å². The standard InChI is InChI=1S/C17H28N4O3/c1-17(2,3)24-16(22)20(4)13-7-9-21(10-8-13)11-14-18-19-15(23-14)12-5-6-12/h12-13H,5-11H2,1-4H3. The third-order valence-electron chi connectivity index (χ3n) is 4.55. The average molecular weight is 336 g/mol. The van der Waals surface area contributed by atoms with Crippen LogP contribution in [0.3, 0.4) is 0 Å². The number of aromatic nitrogens is 2. The minimum Gasteiger partial charge on any atom is -0.444 e. The molecule has 1 amide bonds. The van der Waals surface area contributed by atoms with Crippen molar-refractivity contribution >= 4 is 6.09 Å². The van der Waals surface area contributed by atoms with Crippen molar-refractivity contribution in [2.75, 3.05) is 20.1 Å². The molecule has 1 saturated carbocycles. The van der Waals surface area contributed by atoms with Gasteiger partial charge in [0.15, 0.2) is 0 Å².